The average molecular weight is 266 g/mol. The lowest BCUT2D eigenvalue weighted by atomic mass is 9.86. The Hall–Kier alpha value is -1.25. The van der Waals surface area contributed by atoms with Crippen LogP contribution in [0.5, 0.6) is 0 Å². The highest BCUT2D eigenvalue weighted by atomic mass is 16.5. The van der Waals surface area contributed by atoms with Gasteiger partial charge in [-0.15, -0.1) is 0 Å². The van der Waals surface area contributed by atoms with E-state index in [0.29, 0.717) is 18.4 Å². The van der Waals surface area contributed by atoms with E-state index in [-0.39, 0.29) is 11.9 Å². The van der Waals surface area contributed by atoms with E-state index in [0.717, 1.165) is 24.4 Å². The number of carbonyl (C=O) groups excluding carboxylic acids is 1. The van der Waals surface area contributed by atoms with E-state index < -0.39 is 0 Å². The van der Waals surface area contributed by atoms with Crippen LogP contribution in [-0.4, -0.2) is 12.6 Å². The maximum absolute atomic E-state index is 11.6. The van der Waals surface area contributed by atoms with Crippen molar-refractivity contribution >= 4 is 5.97 Å². The number of aryl methyl sites for hydroxylation is 1. The van der Waals surface area contributed by atoms with Crippen LogP contribution >= 0.6 is 0 Å². The summed E-state index contributed by atoms with van der Waals surface area (Å²) >= 11 is 0. The zero-order chi connectivity index (χ0) is 14.4. The lowest BCUT2D eigenvalue weighted by Gasteiger charge is -2.20. The first-order valence-electron chi connectivity index (χ1n) is 7.18. The first-order valence-corrected chi connectivity index (χ1v) is 7.18. The molecule has 0 saturated heterocycles. The quantitative estimate of drug-likeness (QED) is 0.690. The highest BCUT2D eigenvalue weighted by Gasteiger charge is 2.22. The van der Waals surface area contributed by atoms with Gasteiger partial charge in [0.2, 0.25) is 0 Å². The van der Waals surface area contributed by atoms with Crippen LogP contribution in [0.4, 0.5) is 0 Å². The summed E-state index contributed by atoms with van der Waals surface area (Å²) in [7, 11) is 0. The van der Waals surface area contributed by atoms with Gasteiger partial charge in [0.1, 0.15) is 11.5 Å². The first-order chi connectivity index (χ1) is 8.95. The molecule has 3 heteroatoms. The van der Waals surface area contributed by atoms with Crippen LogP contribution in [0.15, 0.2) is 16.5 Å². The number of hydrogen-bond donors (Lipinski definition) is 0. The molecule has 0 N–H and O–H groups in total. The van der Waals surface area contributed by atoms with Gasteiger partial charge in [-0.2, -0.15) is 0 Å². The maximum atomic E-state index is 11.6. The fourth-order valence-electron chi connectivity index (χ4n) is 2.29. The van der Waals surface area contributed by atoms with Gasteiger partial charge >= 0.3 is 5.97 Å². The molecule has 0 saturated carbocycles. The minimum Gasteiger partial charge on any atom is -0.466 e. The molecule has 0 aliphatic rings. The molecular weight excluding hydrogens is 240 g/mol. The van der Waals surface area contributed by atoms with Gasteiger partial charge in [0.25, 0.3) is 0 Å². The topological polar surface area (TPSA) is 39.4 Å². The van der Waals surface area contributed by atoms with Crippen LogP contribution in [0.25, 0.3) is 0 Å². The fraction of sp³-hybridized carbons (Fsp3) is 0.688. The van der Waals surface area contributed by atoms with E-state index in [1.54, 1.807) is 0 Å². The highest BCUT2D eigenvalue weighted by molar-refractivity contribution is 5.71. The number of carbonyl (C=O) groups is 1. The number of esters is 1. The Bertz CT molecular complexity index is 392. The third-order valence-electron chi connectivity index (χ3n) is 3.53. The molecule has 19 heavy (non-hydrogen) atoms. The summed E-state index contributed by atoms with van der Waals surface area (Å²) < 4.78 is 10.8. The Morgan fingerprint density at radius 1 is 1.26 bits per heavy atom. The van der Waals surface area contributed by atoms with Crippen LogP contribution in [0.1, 0.15) is 58.0 Å². The first kappa shape index (κ1) is 15.8. The average Bonchev–Trinajstić information content (AvgIpc) is 2.75. The van der Waals surface area contributed by atoms with Gasteiger partial charge in [-0.25, -0.2) is 0 Å². The summed E-state index contributed by atoms with van der Waals surface area (Å²) in [6, 6.07) is 4.05. The zero-order valence-corrected chi connectivity index (χ0v) is 12.7. The van der Waals surface area contributed by atoms with Crippen molar-refractivity contribution in [2.75, 3.05) is 6.61 Å². The zero-order valence-electron chi connectivity index (χ0n) is 12.7. The van der Waals surface area contributed by atoms with Crippen LogP contribution < -0.4 is 0 Å². The molecule has 0 bridgehead atoms. The predicted octanol–water partition coefficient (Wildman–Crippen LogP) is 4.31. The summed E-state index contributed by atoms with van der Waals surface area (Å²) in [5.41, 5.74) is 0. The molecule has 3 nitrogen and oxygen atoms in total. The van der Waals surface area contributed by atoms with E-state index in [9.17, 15) is 4.79 Å². The van der Waals surface area contributed by atoms with Crippen molar-refractivity contribution in [3.05, 3.63) is 23.7 Å². The van der Waals surface area contributed by atoms with E-state index in [2.05, 4.69) is 19.9 Å². The van der Waals surface area contributed by atoms with Crippen molar-refractivity contribution in [3.8, 4) is 0 Å². The van der Waals surface area contributed by atoms with Crippen LogP contribution in [0.3, 0.4) is 0 Å². The molecule has 1 heterocycles. The molecular formula is C16H26O3. The molecule has 0 fully saturated rings. The minimum atomic E-state index is -0.0966. The molecule has 0 aliphatic heterocycles. The number of furan rings is 1. The van der Waals surface area contributed by atoms with Crippen LogP contribution in [0, 0.1) is 18.8 Å². The summed E-state index contributed by atoms with van der Waals surface area (Å²) in [6.45, 7) is 10.6. The van der Waals surface area contributed by atoms with Gasteiger partial charge < -0.3 is 9.15 Å². The second-order valence-electron chi connectivity index (χ2n) is 5.53. The third kappa shape index (κ3) is 4.73. The van der Waals surface area contributed by atoms with E-state index in [4.69, 9.17) is 9.15 Å². The normalized spacial score (nSPS) is 14.4. The molecule has 0 amide bonds. The standard InChI is InChI=1S/C16H26O3/c1-6-18-16(17)12(4)7-9-14(11(2)3)15-10-8-13(5)19-15/h8,10-12,14H,6-7,9H2,1-5H3. The molecule has 0 aliphatic carbocycles. The van der Waals surface area contributed by atoms with E-state index in [1.165, 1.54) is 0 Å². The lowest BCUT2D eigenvalue weighted by Crippen LogP contribution is -2.16. The SMILES string of the molecule is CCOC(=O)C(C)CCC(c1ccc(C)o1)C(C)C. The molecule has 1 aromatic heterocycles. The van der Waals surface area contributed by atoms with Gasteiger partial charge in [-0.05, 0) is 44.7 Å². The van der Waals surface area contributed by atoms with Crippen molar-refractivity contribution in [1.29, 1.82) is 0 Å². The highest BCUT2D eigenvalue weighted by Crippen LogP contribution is 2.31. The van der Waals surface area contributed by atoms with Crippen molar-refractivity contribution < 1.29 is 13.9 Å². The molecule has 1 rings (SSSR count). The van der Waals surface area contributed by atoms with Gasteiger partial charge in [0.05, 0.1) is 12.5 Å². The molecule has 2 unspecified atom stereocenters. The van der Waals surface area contributed by atoms with Crippen molar-refractivity contribution in [2.24, 2.45) is 11.8 Å². The summed E-state index contributed by atoms with van der Waals surface area (Å²) in [6.07, 6.45) is 1.78. The number of ether oxygens (including phenoxy) is 1. The minimum absolute atomic E-state index is 0.0442. The Morgan fingerprint density at radius 2 is 1.95 bits per heavy atom. The molecule has 1 aromatic rings. The van der Waals surface area contributed by atoms with Crippen molar-refractivity contribution in [2.45, 2.75) is 53.4 Å². The van der Waals surface area contributed by atoms with Gasteiger partial charge in [-0.1, -0.05) is 20.8 Å². The van der Waals surface area contributed by atoms with Gasteiger partial charge in [0.15, 0.2) is 0 Å². The summed E-state index contributed by atoms with van der Waals surface area (Å²) in [4.78, 5) is 11.6. The maximum Gasteiger partial charge on any atom is 0.308 e. The van der Waals surface area contributed by atoms with Crippen LogP contribution in [-0.2, 0) is 9.53 Å². The summed E-state index contributed by atoms with van der Waals surface area (Å²) in [5.74, 6) is 2.70. The number of rotatable bonds is 7. The van der Waals surface area contributed by atoms with E-state index >= 15 is 0 Å². The smallest absolute Gasteiger partial charge is 0.308 e. The molecule has 0 radical (unpaired) electrons. The van der Waals surface area contributed by atoms with E-state index in [1.807, 2.05) is 26.8 Å². The lowest BCUT2D eigenvalue weighted by molar-refractivity contribution is -0.147. The summed E-state index contributed by atoms with van der Waals surface area (Å²) in [5, 5.41) is 0. The monoisotopic (exact) mass is 266 g/mol. The Morgan fingerprint density at radius 3 is 2.42 bits per heavy atom. The second kappa shape index (κ2) is 7.37. The number of hydrogen-bond acceptors (Lipinski definition) is 3. The molecule has 0 aromatic carbocycles. The van der Waals surface area contributed by atoms with Gasteiger partial charge in [-0.3, -0.25) is 4.79 Å². The Kier molecular flexibility index (Phi) is 6.13. The Labute approximate surface area is 116 Å². The molecule has 2 atom stereocenters. The van der Waals surface area contributed by atoms with Crippen molar-refractivity contribution in [1.82, 2.24) is 0 Å². The molecule has 108 valence electrons. The third-order valence-corrected chi connectivity index (χ3v) is 3.53. The fourth-order valence-corrected chi connectivity index (χ4v) is 2.29. The van der Waals surface area contributed by atoms with Gasteiger partial charge in [0, 0.05) is 5.92 Å². The predicted molar refractivity (Wildman–Crippen MR) is 76.1 cm³/mol. The molecule has 0 spiro atoms. The largest absolute Gasteiger partial charge is 0.466 e. The Balaban J connectivity index is 2.58. The van der Waals surface area contributed by atoms with Crippen LogP contribution in [0.2, 0.25) is 0 Å². The second-order valence-corrected chi connectivity index (χ2v) is 5.53. The van der Waals surface area contributed by atoms with Crippen molar-refractivity contribution in [3.63, 3.8) is 0 Å².